The minimum absolute atomic E-state index is 0.179. The molecule has 0 fully saturated rings. The third kappa shape index (κ3) is 4.59. The molecule has 7 heteroatoms. The molecule has 1 N–H and O–H groups in total. The van der Waals surface area contributed by atoms with E-state index in [0.717, 1.165) is 30.4 Å². The molecule has 0 aliphatic heterocycles. The fraction of sp³-hybridized carbons (Fsp3) is 0.450. The first kappa shape index (κ1) is 21.6. The molecular formula is C20H28N2O3S2. The number of thiophene rings is 1. The summed E-state index contributed by atoms with van der Waals surface area (Å²) in [7, 11) is -0.576. The number of carbonyl (C=O) groups excluding carboxylic acids is 1. The summed E-state index contributed by atoms with van der Waals surface area (Å²) in [4.78, 5) is 14.9. The number of hydrogen-bond donors (Lipinski definition) is 1. The van der Waals surface area contributed by atoms with Gasteiger partial charge in [0.2, 0.25) is 10.0 Å². The Bertz CT molecular complexity index is 944. The summed E-state index contributed by atoms with van der Waals surface area (Å²) in [5, 5.41) is 2.91. The van der Waals surface area contributed by atoms with Crippen LogP contribution in [-0.2, 0) is 22.9 Å². The second-order valence-electron chi connectivity index (χ2n) is 6.82. The fourth-order valence-electron chi connectivity index (χ4n) is 2.82. The molecule has 0 atom stereocenters. The van der Waals surface area contributed by atoms with E-state index in [1.165, 1.54) is 46.2 Å². The lowest BCUT2D eigenvalue weighted by atomic mass is 10.1. The Balaban J connectivity index is 2.39. The van der Waals surface area contributed by atoms with Gasteiger partial charge >= 0.3 is 0 Å². The third-order valence-corrected chi connectivity index (χ3v) is 7.67. The highest BCUT2D eigenvalue weighted by Gasteiger charge is 2.21. The van der Waals surface area contributed by atoms with Crippen LogP contribution in [0.2, 0.25) is 0 Å². The van der Waals surface area contributed by atoms with Crippen LogP contribution < -0.4 is 5.32 Å². The minimum atomic E-state index is -3.57. The number of nitrogens with zero attached hydrogens (tertiary/aromatic N) is 1. The second-order valence-corrected chi connectivity index (χ2v) is 10.1. The van der Waals surface area contributed by atoms with Gasteiger partial charge in [-0.3, -0.25) is 4.79 Å². The Labute approximate surface area is 166 Å². The van der Waals surface area contributed by atoms with Crippen LogP contribution in [0.5, 0.6) is 0 Å². The lowest BCUT2D eigenvalue weighted by molar-refractivity contribution is 0.103. The Morgan fingerprint density at radius 1 is 1.15 bits per heavy atom. The summed E-state index contributed by atoms with van der Waals surface area (Å²) >= 11 is 1.52. The molecule has 0 aliphatic carbocycles. The Morgan fingerprint density at radius 3 is 2.37 bits per heavy atom. The predicted molar refractivity (Wildman–Crippen MR) is 112 cm³/mol. The van der Waals surface area contributed by atoms with Crippen LogP contribution >= 0.6 is 11.3 Å². The first-order valence-electron chi connectivity index (χ1n) is 9.08. The van der Waals surface area contributed by atoms with Crippen LogP contribution in [0.25, 0.3) is 0 Å². The first-order chi connectivity index (χ1) is 12.6. The molecule has 0 aliphatic rings. The number of benzene rings is 1. The molecule has 0 unspecified atom stereocenters. The van der Waals surface area contributed by atoms with Gasteiger partial charge in [-0.05, 0) is 61.6 Å². The zero-order valence-corrected chi connectivity index (χ0v) is 18.5. The predicted octanol–water partition coefficient (Wildman–Crippen LogP) is 4.38. The molecule has 0 saturated carbocycles. The van der Waals surface area contributed by atoms with Gasteiger partial charge < -0.3 is 5.32 Å². The maximum absolute atomic E-state index is 12.8. The molecule has 2 rings (SSSR count). The van der Waals surface area contributed by atoms with Crippen molar-refractivity contribution < 1.29 is 13.2 Å². The van der Waals surface area contributed by atoms with E-state index < -0.39 is 10.0 Å². The van der Waals surface area contributed by atoms with Crippen molar-refractivity contribution >= 4 is 33.0 Å². The van der Waals surface area contributed by atoms with Gasteiger partial charge in [0.1, 0.15) is 0 Å². The standard InChI is InChI=1S/C20H28N2O3S2/c1-7-9-18-15(8-2)11-19(26-18)20(23)21-17-12-16(10-13(3)14(17)4)27(24,25)22(5)6/h10-12H,7-9H2,1-6H3,(H,21,23). The molecular weight excluding hydrogens is 380 g/mol. The van der Waals surface area contributed by atoms with Gasteiger partial charge in [-0.25, -0.2) is 12.7 Å². The van der Waals surface area contributed by atoms with E-state index in [9.17, 15) is 13.2 Å². The molecule has 1 aromatic heterocycles. The number of sulfonamides is 1. The van der Waals surface area contributed by atoms with Gasteiger partial charge in [-0.15, -0.1) is 11.3 Å². The molecule has 148 valence electrons. The van der Waals surface area contributed by atoms with E-state index in [-0.39, 0.29) is 10.8 Å². The zero-order valence-electron chi connectivity index (χ0n) is 16.8. The maximum atomic E-state index is 12.8. The molecule has 27 heavy (non-hydrogen) atoms. The van der Waals surface area contributed by atoms with Crippen molar-refractivity contribution in [3.05, 3.63) is 44.6 Å². The Morgan fingerprint density at radius 2 is 1.81 bits per heavy atom. The van der Waals surface area contributed by atoms with Gasteiger partial charge in [-0.2, -0.15) is 0 Å². The first-order valence-corrected chi connectivity index (χ1v) is 11.3. The van der Waals surface area contributed by atoms with Gasteiger partial charge in [0.25, 0.3) is 5.91 Å². The van der Waals surface area contributed by atoms with Crippen molar-refractivity contribution in [1.29, 1.82) is 0 Å². The minimum Gasteiger partial charge on any atom is -0.321 e. The van der Waals surface area contributed by atoms with Crippen LogP contribution in [0, 0.1) is 13.8 Å². The van der Waals surface area contributed by atoms with E-state index >= 15 is 0 Å². The van der Waals surface area contributed by atoms with Crippen molar-refractivity contribution in [2.24, 2.45) is 0 Å². The average Bonchev–Trinajstić information content (AvgIpc) is 3.02. The second kappa shape index (κ2) is 8.54. The number of amides is 1. The number of carbonyl (C=O) groups is 1. The number of aryl methyl sites for hydroxylation is 3. The van der Waals surface area contributed by atoms with Gasteiger partial charge in [-0.1, -0.05) is 20.3 Å². The molecule has 0 saturated heterocycles. The van der Waals surface area contributed by atoms with Crippen LogP contribution in [-0.4, -0.2) is 32.7 Å². The molecule has 1 aromatic carbocycles. The average molecular weight is 409 g/mol. The summed E-state index contributed by atoms with van der Waals surface area (Å²) < 4.78 is 26.1. The van der Waals surface area contributed by atoms with Gasteiger partial charge in [0.05, 0.1) is 9.77 Å². The van der Waals surface area contributed by atoms with Crippen molar-refractivity contribution in [3.63, 3.8) is 0 Å². The molecule has 0 bridgehead atoms. The molecule has 0 spiro atoms. The van der Waals surface area contributed by atoms with Crippen LogP contribution in [0.1, 0.15) is 51.5 Å². The van der Waals surface area contributed by atoms with Crippen molar-refractivity contribution in [1.82, 2.24) is 4.31 Å². The lowest BCUT2D eigenvalue weighted by Crippen LogP contribution is -2.23. The normalized spacial score (nSPS) is 11.8. The highest BCUT2D eigenvalue weighted by molar-refractivity contribution is 7.89. The summed E-state index contributed by atoms with van der Waals surface area (Å²) in [5.41, 5.74) is 3.43. The fourth-order valence-corrected chi connectivity index (χ4v) is 5.08. The molecule has 5 nitrogen and oxygen atoms in total. The number of hydrogen-bond acceptors (Lipinski definition) is 4. The number of anilines is 1. The zero-order chi connectivity index (χ0) is 20.4. The number of nitrogens with one attached hydrogen (secondary N) is 1. The Hall–Kier alpha value is -1.70. The summed E-state index contributed by atoms with van der Waals surface area (Å²) in [6, 6.07) is 5.13. The molecule has 0 radical (unpaired) electrons. The van der Waals surface area contributed by atoms with Crippen LogP contribution in [0.4, 0.5) is 5.69 Å². The van der Waals surface area contributed by atoms with E-state index in [2.05, 4.69) is 19.2 Å². The van der Waals surface area contributed by atoms with E-state index in [1.54, 1.807) is 6.07 Å². The molecule has 2 aromatic rings. The van der Waals surface area contributed by atoms with Gasteiger partial charge in [0.15, 0.2) is 0 Å². The summed E-state index contributed by atoms with van der Waals surface area (Å²) in [6.07, 6.45) is 2.90. The maximum Gasteiger partial charge on any atom is 0.265 e. The monoisotopic (exact) mass is 408 g/mol. The third-order valence-electron chi connectivity index (χ3n) is 4.65. The van der Waals surface area contributed by atoms with Crippen LogP contribution in [0.15, 0.2) is 23.1 Å². The summed E-state index contributed by atoms with van der Waals surface area (Å²) in [6.45, 7) is 7.94. The summed E-state index contributed by atoms with van der Waals surface area (Å²) in [5.74, 6) is -0.195. The van der Waals surface area contributed by atoms with E-state index in [1.807, 2.05) is 19.9 Å². The van der Waals surface area contributed by atoms with E-state index in [0.29, 0.717) is 10.6 Å². The van der Waals surface area contributed by atoms with E-state index in [4.69, 9.17) is 0 Å². The Kier molecular flexibility index (Phi) is 6.83. The quantitative estimate of drug-likeness (QED) is 0.739. The number of rotatable bonds is 7. The van der Waals surface area contributed by atoms with Crippen LogP contribution in [0.3, 0.4) is 0 Å². The van der Waals surface area contributed by atoms with Crippen molar-refractivity contribution in [2.45, 2.75) is 51.9 Å². The largest absolute Gasteiger partial charge is 0.321 e. The highest BCUT2D eigenvalue weighted by Crippen LogP contribution is 2.28. The smallest absolute Gasteiger partial charge is 0.265 e. The highest BCUT2D eigenvalue weighted by atomic mass is 32.2. The lowest BCUT2D eigenvalue weighted by Gasteiger charge is -2.16. The van der Waals surface area contributed by atoms with Gasteiger partial charge in [0, 0.05) is 24.7 Å². The van der Waals surface area contributed by atoms with Crippen molar-refractivity contribution in [3.8, 4) is 0 Å². The topological polar surface area (TPSA) is 66.5 Å². The molecule has 1 heterocycles. The molecule has 1 amide bonds. The SMILES string of the molecule is CCCc1sc(C(=O)Nc2cc(S(=O)(=O)N(C)C)cc(C)c2C)cc1CC. The van der Waals surface area contributed by atoms with Crippen molar-refractivity contribution in [2.75, 3.05) is 19.4 Å².